The maximum atomic E-state index is 12.8. The number of hydrogen-bond donors (Lipinski definition) is 2. The minimum Gasteiger partial charge on any atom is -0.393 e. The quantitative estimate of drug-likeness (QED) is 0.735. The van der Waals surface area contributed by atoms with Gasteiger partial charge in [0.2, 0.25) is 5.91 Å². The lowest BCUT2D eigenvalue weighted by Crippen LogP contribution is -2.62. The maximum Gasteiger partial charge on any atom is 0.242 e. The molecule has 2 rings (SSSR count). The minimum atomic E-state index is -0.440. The zero-order valence-electron chi connectivity index (χ0n) is 12.4. The highest BCUT2D eigenvalue weighted by Gasteiger charge is 2.40. The van der Waals surface area contributed by atoms with Gasteiger partial charge in [-0.15, -0.1) is 0 Å². The number of nitrogens with zero attached hydrogens (tertiary/aromatic N) is 2. The third-order valence-electron chi connectivity index (χ3n) is 4.58. The Bertz CT molecular complexity index is 327. The monoisotopic (exact) mass is 269 g/mol. The molecule has 19 heavy (non-hydrogen) atoms. The van der Waals surface area contributed by atoms with E-state index in [0.717, 1.165) is 26.2 Å². The number of hydrogen-bond acceptors (Lipinski definition) is 4. The number of nitrogens with one attached hydrogen (secondary N) is 1. The first-order chi connectivity index (χ1) is 8.93. The molecule has 0 bridgehead atoms. The normalized spacial score (nSPS) is 30.4. The van der Waals surface area contributed by atoms with Gasteiger partial charge in [-0.1, -0.05) is 6.92 Å². The second-order valence-corrected chi connectivity index (χ2v) is 6.38. The fourth-order valence-electron chi connectivity index (χ4n) is 3.06. The Morgan fingerprint density at radius 3 is 2.47 bits per heavy atom. The summed E-state index contributed by atoms with van der Waals surface area (Å²) in [7, 11) is 0. The van der Waals surface area contributed by atoms with Crippen LogP contribution in [0.1, 0.15) is 27.2 Å². The van der Waals surface area contributed by atoms with Gasteiger partial charge in [0.05, 0.1) is 11.6 Å². The van der Waals surface area contributed by atoms with Crippen LogP contribution in [0.15, 0.2) is 0 Å². The summed E-state index contributed by atoms with van der Waals surface area (Å²) in [6.45, 7) is 11.2. The molecule has 1 amide bonds. The summed E-state index contributed by atoms with van der Waals surface area (Å²) in [4.78, 5) is 16.9. The molecule has 110 valence electrons. The van der Waals surface area contributed by atoms with Gasteiger partial charge in [0.15, 0.2) is 0 Å². The van der Waals surface area contributed by atoms with E-state index in [-0.39, 0.29) is 17.9 Å². The summed E-state index contributed by atoms with van der Waals surface area (Å²) in [6, 6.07) is 0. The molecule has 0 spiro atoms. The molecule has 2 atom stereocenters. The second-order valence-electron chi connectivity index (χ2n) is 6.38. The zero-order valence-corrected chi connectivity index (χ0v) is 12.4. The lowest BCUT2D eigenvalue weighted by Gasteiger charge is -2.44. The fraction of sp³-hybridized carbons (Fsp3) is 0.929. The average molecular weight is 269 g/mol. The standard InChI is InChI=1S/C14H27N3O2/c1-11-10-16(7-4-12(11)18)13(19)14(2,3)17-8-5-15-6-9-17/h11-12,15,18H,4-10H2,1-3H3. The van der Waals surface area contributed by atoms with Crippen LogP contribution in [0.4, 0.5) is 0 Å². The number of rotatable bonds is 2. The molecule has 0 aliphatic carbocycles. The zero-order chi connectivity index (χ0) is 14.0. The van der Waals surface area contributed by atoms with Gasteiger partial charge < -0.3 is 15.3 Å². The van der Waals surface area contributed by atoms with Crippen molar-refractivity contribution in [2.75, 3.05) is 39.3 Å². The van der Waals surface area contributed by atoms with Crippen LogP contribution in [0.25, 0.3) is 0 Å². The van der Waals surface area contributed by atoms with Crippen molar-refractivity contribution in [3.63, 3.8) is 0 Å². The van der Waals surface area contributed by atoms with E-state index in [4.69, 9.17) is 0 Å². The van der Waals surface area contributed by atoms with E-state index < -0.39 is 5.54 Å². The van der Waals surface area contributed by atoms with Crippen LogP contribution in [0.2, 0.25) is 0 Å². The number of amides is 1. The van der Waals surface area contributed by atoms with E-state index in [1.165, 1.54) is 0 Å². The van der Waals surface area contributed by atoms with Crippen molar-refractivity contribution in [1.29, 1.82) is 0 Å². The van der Waals surface area contributed by atoms with Gasteiger partial charge in [0.1, 0.15) is 0 Å². The van der Waals surface area contributed by atoms with E-state index in [0.29, 0.717) is 19.5 Å². The summed E-state index contributed by atoms with van der Waals surface area (Å²) in [5, 5.41) is 13.1. The number of piperidine rings is 1. The van der Waals surface area contributed by atoms with Crippen LogP contribution >= 0.6 is 0 Å². The highest BCUT2D eigenvalue weighted by molar-refractivity contribution is 5.85. The fourth-order valence-corrected chi connectivity index (χ4v) is 3.06. The molecule has 5 heteroatoms. The molecule has 2 aliphatic rings. The molecule has 2 heterocycles. The molecule has 0 aromatic heterocycles. The van der Waals surface area contributed by atoms with Crippen molar-refractivity contribution >= 4 is 5.91 Å². The first-order valence-electron chi connectivity index (χ1n) is 7.36. The van der Waals surface area contributed by atoms with Crippen molar-refractivity contribution in [3.8, 4) is 0 Å². The first kappa shape index (κ1) is 14.8. The lowest BCUT2D eigenvalue weighted by atomic mass is 9.93. The van der Waals surface area contributed by atoms with Crippen LogP contribution in [0.3, 0.4) is 0 Å². The van der Waals surface area contributed by atoms with Crippen LogP contribution in [0.5, 0.6) is 0 Å². The van der Waals surface area contributed by atoms with Gasteiger partial charge in [-0.3, -0.25) is 9.69 Å². The number of carbonyl (C=O) groups is 1. The van der Waals surface area contributed by atoms with Crippen LogP contribution in [-0.4, -0.2) is 71.7 Å². The van der Waals surface area contributed by atoms with Gasteiger partial charge >= 0.3 is 0 Å². The highest BCUT2D eigenvalue weighted by atomic mass is 16.3. The molecule has 2 aliphatic heterocycles. The Balaban J connectivity index is 2.01. The largest absolute Gasteiger partial charge is 0.393 e. The Hall–Kier alpha value is -0.650. The van der Waals surface area contributed by atoms with Crippen LogP contribution < -0.4 is 5.32 Å². The van der Waals surface area contributed by atoms with Gasteiger partial charge in [-0.25, -0.2) is 0 Å². The van der Waals surface area contributed by atoms with Gasteiger partial charge in [0.25, 0.3) is 0 Å². The molecular weight excluding hydrogens is 242 g/mol. The molecule has 0 radical (unpaired) electrons. The van der Waals surface area contributed by atoms with Crippen molar-refractivity contribution in [2.45, 2.75) is 38.8 Å². The van der Waals surface area contributed by atoms with E-state index in [2.05, 4.69) is 10.2 Å². The van der Waals surface area contributed by atoms with Crippen LogP contribution in [-0.2, 0) is 4.79 Å². The van der Waals surface area contributed by atoms with Crippen molar-refractivity contribution in [1.82, 2.24) is 15.1 Å². The van der Waals surface area contributed by atoms with Gasteiger partial charge in [-0.05, 0) is 26.2 Å². The van der Waals surface area contributed by atoms with Crippen LogP contribution in [0, 0.1) is 5.92 Å². The SMILES string of the molecule is CC1CN(C(=O)C(C)(C)N2CCNCC2)CCC1O. The van der Waals surface area contributed by atoms with Crippen molar-refractivity contribution in [3.05, 3.63) is 0 Å². The predicted octanol–water partition coefficient (Wildman–Crippen LogP) is -0.100. The summed E-state index contributed by atoms with van der Waals surface area (Å²) in [5.41, 5.74) is -0.440. The average Bonchev–Trinajstić information content (AvgIpc) is 2.42. The number of likely N-dealkylation sites (tertiary alicyclic amines) is 1. The molecule has 2 N–H and O–H groups in total. The molecule has 0 aromatic carbocycles. The molecule has 5 nitrogen and oxygen atoms in total. The van der Waals surface area contributed by atoms with E-state index in [1.54, 1.807) is 0 Å². The van der Waals surface area contributed by atoms with Gasteiger partial charge in [0, 0.05) is 39.3 Å². The number of piperazine rings is 1. The molecule has 2 fully saturated rings. The summed E-state index contributed by atoms with van der Waals surface area (Å²) in [5.74, 6) is 0.379. The first-order valence-corrected chi connectivity index (χ1v) is 7.36. The minimum absolute atomic E-state index is 0.177. The molecule has 0 aromatic rings. The van der Waals surface area contributed by atoms with E-state index in [1.807, 2.05) is 25.7 Å². The molecule has 2 saturated heterocycles. The molecule has 2 unspecified atom stereocenters. The maximum absolute atomic E-state index is 12.8. The number of aliphatic hydroxyl groups is 1. The second kappa shape index (κ2) is 5.77. The topological polar surface area (TPSA) is 55.8 Å². The number of carbonyl (C=O) groups excluding carboxylic acids is 1. The van der Waals surface area contributed by atoms with Gasteiger partial charge in [-0.2, -0.15) is 0 Å². The summed E-state index contributed by atoms with van der Waals surface area (Å²) >= 11 is 0. The highest BCUT2D eigenvalue weighted by Crippen LogP contribution is 2.23. The third-order valence-corrected chi connectivity index (χ3v) is 4.58. The third kappa shape index (κ3) is 3.09. The summed E-state index contributed by atoms with van der Waals surface area (Å²) < 4.78 is 0. The smallest absolute Gasteiger partial charge is 0.242 e. The number of aliphatic hydroxyl groups excluding tert-OH is 1. The van der Waals surface area contributed by atoms with Crippen molar-refractivity contribution < 1.29 is 9.90 Å². The van der Waals surface area contributed by atoms with E-state index in [9.17, 15) is 9.90 Å². The van der Waals surface area contributed by atoms with E-state index >= 15 is 0 Å². The molecular formula is C14H27N3O2. The Morgan fingerprint density at radius 2 is 1.89 bits per heavy atom. The molecule has 0 saturated carbocycles. The van der Waals surface area contributed by atoms with Crippen molar-refractivity contribution in [2.24, 2.45) is 5.92 Å². The Morgan fingerprint density at radius 1 is 1.26 bits per heavy atom. The lowest BCUT2D eigenvalue weighted by molar-refractivity contribution is -0.146. The Kier molecular flexibility index (Phi) is 4.48. The summed E-state index contributed by atoms with van der Waals surface area (Å²) in [6.07, 6.45) is 0.441. The Labute approximate surface area is 115 Å². The predicted molar refractivity (Wildman–Crippen MR) is 74.9 cm³/mol.